The van der Waals surface area contributed by atoms with Gasteiger partial charge < -0.3 is 10.7 Å². The minimum Gasteiger partial charge on any atom is -0.364 e. The number of amides is 2. The van der Waals surface area contributed by atoms with Gasteiger partial charge in [-0.05, 0) is 12.1 Å². The molecular weight excluding hydrogens is 422 g/mol. The molecule has 1 aromatic carbocycles. The minimum absolute atomic E-state index is 0.180. The molecule has 3 aromatic rings. The maximum absolute atomic E-state index is 12.5. The van der Waals surface area contributed by atoms with Crippen LogP contribution < -0.4 is 11.1 Å². The van der Waals surface area contributed by atoms with Crippen LogP contribution in [0.2, 0.25) is 0 Å². The smallest absolute Gasteiger partial charge is 0.271 e. The van der Waals surface area contributed by atoms with Gasteiger partial charge in [0, 0.05) is 41.1 Å². The van der Waals surface area contributed by atoms with Gasteiger partial charge in [-0.1, -0.05) is 0 Å². The Morgan fingerprint density at radius 2 is 2.00 bits per heavy atom. The first-order chi connectivity index (χ1) is 13.5. The van der Waals surface area contributed by atoms with Crippen molar-refractivity contribution in [2.45, 2.75) is 4.90 Å². The fourth-order valence-corrected chi connectivity index (χ4v) is 3.74. The second kappa shape index (κ2) is 7.44. The molecule has 0 radical (unpaired) electrons. The summed E-state index contributed by atoms with van der Waals surface area (Å²) in [6.45, 7) is 0. The van der Waals surface area contributed by atoms with Crippen molar-refractivity contribution >= 4 is 43.8 Å². The van der Waals surface area contributed by atoms with Gasteiger partial charge in [0.2, 0.25) is 0 Å². The molecule has 3 rings (SSSR count). The van der Waals surface area contributed by atoms with Gasteiger partial charge in [-0.2, -0.15) is 0 Å². The van der Waals surface area contributed by atoms with Crippen LogP contribution in [0.3, 0.4) is 0 Å². The number of rotatable bonds is 6. The Balaban J connectivity index is 1.87. The van der Waals surface area contributed by atoms with E-state index in [1.54, 1.807) is 5.38 Å². The number of carbonyl (C=O) groups excluding carboxylic acids is 2. The molecule has 4 N–H and O–H groups in total. The Hall–Kier alpha value is -3.58. The first-order valence-electron chi connectivity index (χ1n) is 7.79. The predicted molar refractivity (Wildman–Crippen MR) is 105 cm³/mol. The summed E-state index contributed by atoms with van der Waals surface area (Å²) in [6, 6.07) is 4.42. The Bertz CT molecular complexity index is 1240. The van der Waals surface area contributed by atoms with Crippen LogP contribution in [0.1, 0.15) is 20.8 Å². The van der Waals surface area contributed by atoms with E-state index in [4.69, 9.17) is 5.73 Å². The van der Waals surface area contributed by atoms with E-state index in [0.29, 0.717) is 11.3 Å². The van der Waals surface area contributed by atoms with Crippen LogP contribution in [0.4, 0.5) is 10.8 Å². The molecule has 150 valence electrons. The van der Waals surface area contributed by atoms with E-state index in [0.717, 1.165) is 35.8 Å². The zero-order valence-electron chi connectivity index (χ0n) is 14.7. The molecule has 0 unspecified atom stereocenters. The van der Waals surface area contributed by atoms with E-state index in [1.165, 1.54) is 12.3 Å². The summed E-state index contributed by atoms with van der Waals surface area (Å²) in [7, 11) is -3.76. The highest BCUT2D eigenvalue weighted by molar-refractivity contribution is 7.90. The van der Waals surface area contributed by atoms with Crippen molar-refractivity contribution in [1.29, 1.82) is 0 Å². The summed E-state index contributed by atoms with van der Waals surface area (Å²) >= 11 is 1.08. The van der Waals surface area contributed by atoms with Crippen LogP contribution in [0.25, 0.3) is 11.3 Å². The van der Waals surface area contributed by atoms with E-state index in [9.17, 15) is 28.1 Å². The lowest BCUT2D eigenvalue weighted by Gasteiger charge is -2.05. The predicted octanol–water partition coefficient (Wildman–Crippen LogP) is 1.80. The number of thiazole rings is 1. The Morgan fingerprint density at radius 1 is 1.28 bits per heavy atom. The van der Waals surface area contributed by atoms with Crippen molar-refractivity contribution in [3.63, 3.8) is 0 Å². The van der Waals surface area contributed by atoms with E-state index in [-0.39, 0.29) is 21.3 Å². The third kappa shape index (κ3) is 4.47. The third-order valence-corrected chi connectivity index (χ3v) is 5.61. The summed E-state index contributed by atoms with van der Waals surface area (Å²) in [5.74, 6) is -1.39. The number of aromatic amines is 1. The summed E-state index contributed by atoms with van der Waals surface area (Å²) in [6.07, 6.45) is 2.41. The number of sulfone groups is 1. The lowest BCUT2D eigenvalue weighted by Crippen LogP contribution is -2.13. The van der Waals surface area contributed by atoms with Crippen LogP contribution in [0.15, 0.2) is 40.7 Å². The largest absolute Gasteiger partial charge is 0.364 e. The zero-order chi connectivity index (χ0) is 21.3. The number of benzene rings is 1. The fourth-order valence-electron chi connectivity index (χ4n) is 2.35. The van der Waals surface area contributed by atoms with Gasteiger partial charge in [0.15, 0.2) is 15.0 Å². The topological polar surface area (TPSA) is 178 Å². The highest BCUT2D eigenvalue weighted by atomic mass is 32.2. The molecule has 0 aliphatic carbocycles. The molecule has 2 aromatic heterocycles. The molecule has 0 spiro atoms. The average Bonchev–Trinajstić information content (AvgIpc) is 3.29. The number of nitrogens with zero attached hydrogens (tertiary/aromatic N) is 2. The number of aromatic nitrogens is 2. The summed E-state index contributed by atoms with van der Waals surface area (Å²) in [4.78, 5) is 40.5. The van der Waals surface area contributed by atoms with Gasteiger partial charge in [0.25, 0.3) is 17.5 Å². The molecule has 0 aliphatic rings. The van der Waals surface area contributed by atoms with E-state index in [2.05, 4.69) is 15.3 Å². The van der Waals surface area contributed by atoms with Crippen molar-refractivity contribution < 1.29 is 22.9 Å². The number of primary amides is 1. The van der Waals surface area contributed by atoms with E-state index in [1.807, 2.05) is 0 Å². The molecule has 2 heterocycles. The van der Waals surface area contributed by atoms with Crippen LogP contribution in [-0.4, -0.2) is 41.4 Å². The monoisotopic (exact) mass is 435 g/mol. The number of nitrogens with one attached hydrogen (secondary N) is 2. The zero-order valence-corrected chi connectivity index (χ0v) is 16.3. The van der Waals surface area contributed by atoms with E-state index < -0.39 is 32.3 Å². The molecule has 0 saturated carbocycles. The second-order valence-electron chi connectivity index (χ2n) is 5.90. The normalized spacial score (nSPS) is 11.2. The number of hydrogen-bond acceptors (Lipinski definition) is 8. The van der Waals surface area contributed by atoms with Gasteiger partial charge in [-0.3, -0.25) is 25.0 Å². The molecule has 11 nitrogen and oxygen atoms in total. The van der Waals surface area contributed by atoms with Gasteiger partial charge in [-0.25, -0.2) is 13.4 Å². The molecule has 13 heteroatoms. The molecule has 2 amide bonds. The quantitative estimate of drug-likeness (QED) is 0.390. The number of carbonyl (C=O) groups is 2. The standard InChI is InChI=1S/C16H13N5O6S2/c1-29(26,27)11-3-8(2-10(5-11)21(24)25)15(23)20-16-19-13(7-28-16)9-4-12(14(17)22)18-6-9/h2-7,18H,1H3,(H2,17,22)(H,19,20,23). The molecule has 0 saturated heterocycles. The van der Waals surface area contributed by atoms with Gasteiger partial charge in [-0.15, -0.1) is 11.3 Å². The third-order valence-electron chi connectivity index (χ3n) is 3.76. The van der Waals surface area contributed by atoms with Gasteiger partial charge >= 0.3 is 0 Å². The number of nitro groups is 1. The lowest BCUT2D eigenvalue weighted by atomic mass is 10.2. The van der Waals surface area contributed by atoms with Crippen molar-refractivity contribution in [3.8, 4) is 11.3 Å². The number of anilines is 1. The molecule has 0 aliphatic heterocycles. The highest BCUT2D eigenvalue weighted by Gasteiger charge is 2.20. The molecule has 0 bridgehead atoms. The van der Waals surface area contributed by atoms with Crippen molar-refractivity contribution in [2.24, 2.45) is 5.73 Å². The van der Waals surface area contributed by atoms with Crippen LogP contribution in [0.5, 0.6) is 0 Å². The summed E-state index contributed by atoms with van der Waals surface area (Å²) in [5, 5.41) is 15.3. The van der Waals surface area contributed by atoms with Crippen LogP contribution >= 0.6 is 11.3 Å². The number of non-ortho nitro benzene ring substituents is 1. The number of nitrogens with two attached hydrogens (primary N) is 1. The van der Waals surface area contributed by atoms with Gasteiger partial charge in [0.1, 0.15) is 5.69 Å². The minimum atomic E-state index is -3.76. The number of nitro benzene ring substituents is 1. The van der Waals surface area contributed by atoms with Crippen LogP contribution in [-0.2, 0) is 9.84 Å². The van der Waals surface area contributed by atoms with Crippen molar-refractivity contribution in [2.75, 3.05) is 11.6 Å². The Labute approximate surface area is 167 Å². The van der Waals surface area contributed by atoms with Crippen LogP contribution in [0, 0.1) is 10.1 Å². The molecular formula is C16H13N5O6S2. The number of H-pyrrole nitrogens is 1. The second-order valence-corrected chi connectivity index (χ2v) is 8.78. The summed E-state index contributed by atoms with van der Waals surface area (Å²) < 4.78 is 23.5. The lowest BCUT2D eigenvalue weighted by molar-refractivity contribution is -0.385. The fraction of sp³-hybridized carbons (Fsp3) is 0.0625. The highest BCUT2D eigenvalue weighted by Crippen LogP contribution is 2.27. The molecule has 29 heavy (non-hydrogen) atoms. The van der Waals surface area contributed by atoms with Crippen molar-refractivity contribution in [1.82, 2.24) is 9.97 Å². The SMILES string of the molecule is CS(=O)(=O)c1cc(C(=O)Nc2nc(-c3c[nH]c(C(N)=O)c3)cs2)cc([N+](=O)[O-])c1. The number of hydrogen-bond donors (Lipinski definition) is 3. The summed E-state index contributed by atoms with van der Waals surface area (Å²) in [5.41, 5.74) is 5.69. The van der Waals surface area contributed by atoms with E-state index >= 15 is 0 Å². The maximum Gasteiger partial charge on any atom is 0.271 e. The Kier molecular flexibility index (Phi) is 5.18. The maximum atomic E-state index is 12.5. The Morgan fingerprint density at radius 3 is 2.59 bits per heavy atom. The van der Waals surface area contributed by atoms with Crippen molar-refractivity contribution in [3.05, 3.63) is 57.2 Å². The average molecular weight is 435 g/mol. The first-order valence-corrected chi connectivity index (χ1v) is 10.6. The van der Waals surface area contributed by atoms with Gasteiger partial charge in [0.05, 0.1) is 15.5 Å². The first kappa shape index (κ1) is 20.2. The molecule has 0 atom stereocenters. The molecule has 0 fully saturated rings.